The monoisotopic (exact) mass is 592 g/mol. The number of ether oxygens (including phenoxy) is 2. The van der Waals surface area contributed by atoms with Gasteiger partial charge in [-0.05, 0) is 26.7 Å². The van der Waals surface area contributed by atoms with Crippen LogP contribution in [-0.4, -0.2) is 78.4 Å². The van der Waals surface area contributed by atoms with E-state index < -0.39 is 58.5 Å². The number of aliphatic imine (C=N–C) groups is 1. The highest BCUT2D eigenvalue weighted by Gasteiger charge is 2.54. The molecule has 0 radical (unpaired) electrons. The Kier molecular flexibility index (Phi) is 11.4. The van der Waals surface area contributed by atoms with E-state index in [0.29, 0.717) is 0 Å². The fourth-order valence-corrected chi connectivity index (χ4v) is 5.23. The molecule has 2 aromatic carbocycles. The number of aliphatic hydroxyl groups excluding tert-OH is 2. The molecule has 1 aliphatic rings. The number of nitrogens with one attached hydrogen (secondary N) is 1. The molecule has 1 saturated carbocycles. The zero-order valence-corrected chi connectivity index (χ0v) is 24.5. The second-order valence-corrected chi connectivity index (χ2v) is 10.9. The van der Waals surface area contributed by atoms with Crippen molar-refractivity contribution >= 4 is 17.8 Å². The molecule has 4 unspecified atom stereocenters. The van der Waals surface area contributed by atoms with E-state index in [2.05, 4.69) is 24.2 Å². The molecule has 234 valence electrons. The molecule has 3 rings (SSSR count). The molecule has 1 aliphatic carbocycles. The van der Waals surface area contributed by atoms with Crippen LogP contribution in [0.15, 0.2) is 17.1 Å². The lowest BCUT2D eigenvalue weighted by Crippen LogP contribution is -2.51. The average molecular weight is 593 g/mol. The zero-order chi connectivity index (χ0) is 31.1. The van der Waals surface area contributed by atoms with Crippen LogP contribution >= 0.6 is 0 Å². The standard InChI is InChI=1S/C30H44N2O10/c1-5-7-9-15(3)41-13-31-25-19(35)11-17(33)21(29(25)39)23-27(37)24(28(23)38)22-18(34)12-20(36)26(30(22)40)32-14-42-16(4)10-8-6-2/h11-13,15-16,23-24,27-28,32-40H,5-10,14H2,1-4H3. The Balaban J connectivity index is 1.84. The molecule has 12 nitrogen and oxygen atoms in total. The summed E-state index contributed by atoms with van der Waals surface area (Å²) < 4.78 is 11.1. The first-order valence-corrected chi connectivity index (χ1v) is 14.4. The Morgan fingerprint density at radius 3 is 1.88 bits per heavy atom. The summed E-state index contributed by atoms with van der Waals surface area (Å²) in [5.41, 5.74) is -1.01. The van der Waals surface area contributed by atoms with Crippen LogP contribution in [0.1, 0.15) is 89.2 Å². The van der Waals surface area contributed by atoms with Crippen LogP contribution in [0.5, 0.6) is 34.5 Å². The van der Waals surface area contributed by atoms with Gasteiger partial charge in [0.05, 0.1) is 24.4 Å². The number of phenols is 6. The minimum absolute atomic E-state index is 0.0613. The van der Waals surface area contributed by atoms with Crippen LogP contribution < -0.4 is 5.32 Å². The Bertz CT molecular complexity index is 1230. The molecular formula is C30H44N2O10. The second-order valence-electron chi connectivity index (χ2n) is 10.9. The first-order chi connectivity index (χ1) is 19.9. The van der Waals surface area contributed by atoms with Gasteiger partial charge in [-0.25, -0.2) is 4.99 Å². The number of hydrogen-bond donors (Lipinski definition) is 9. The summed E-state index contributed by atoms with van der Waals surface area (Å²) in [7, 11) is 0. The van der Waals surface area contributed by atoms with Crippen molar-refractivity contribution < 1.29 is 50.3 Å². The molecular weight excluding hydrogens is 548 g/mol. The van der Waals surface area contributed by atoms with Crippen LogP contribution in [0.25, 0.3) is 0 Å². The van der Waals surface area contributed by atoms with E-state index in [9.17, 15) is 40.9 Å². The van der Waals surface area contributed by atoms with Crippen molar-refractivity contribution in [3.8, 4) is 34.5 Å². The Hall–Kier alpha value is -3.61. The lowest BCUT2D eigenvalue weighted by Gasteiger charge is -2.47. The van der Waals surface area contributed by atoms with E-state index in [-0.39, 0.29) is 41.4 Å². The molecule has 0 aromatic heterocycles. The van der Waals surface area contributed by atoms with E-state index in [1.54, 1.807) is 0 Å². The Labute approximate surface area is 245 Å². The van der Waals surface area contributed by atoms with Crippen molar-refractivity contribution in [3.05, 3.63) is 23.3 Å². The van der Waals surface area contributed by atoms with Gasteiger partial charge in [0.15, 0.2) is 17.8 Å². The van der Waals surface area contributed by atoms with Gasteiger partial charge in [-0.2, -0.15) is 0 Å². The molecule has 1 fully saturated rings. The first-order valence-electron chi connectivity index (χ1n) is 14.4. The highest BCUT2D eigenvalue weighted by atomic mass is 16.5. The van der Waals surface area contributed by atoms with Gasteiger partial charge in [-0.3, -0.25) is 0 Å². The maximum atomic E-state index is 11.1. The van der Waals surface area contributed by atoms with E-state index in [4.69, 9.17) is 9.47 Å². The predicted molar refractivity (Wildman–Crippen MR) is 157 cm³/mol. The van der Waals surface area contributed by atoms with Gasteiger partial charge >= 0.3 is 0 Å². The molecule has 0 amide bonds. The topological polar surface area (TPSA) is 205 Å². The summed E-state index contributed by atoms with van der Waals surface area (Å²) in [6, 6.07) is 1.89. The summed E-state index contributed by atoms with van der Waals surface area (Å²) >= 11 is 0. The maximum absolute atomic E-state index is 11.1. The molecule has 42 heavy (non-hydrogen) atoms. The second kappa shape index (κ2) is 14.5. The third-order valence-electron chi connectivity index (χ3n) is 7.73. The summed E-state index contributed by atoms with van der Waals surface area (Å²) in [5, 5.41) is 88.5. The molecule has 0 saturated heterocycles. The summed E-state index contributed by atoms with van der Waals surface area (Å²) in [6.07, 6.45) is 3.35. The number of unbranched alkanes of at least 4 members (excludes halogenated alkanes) is 2. The lowest BCUT2D eigenvalue weighted by molar-refractivity contribution is -0.0810. The van der Waals surface area contributed by atoms with Gasteiger partial charge in [-0.15, -0.1) is 0 Å². The Morgan fingerprint density at radius 1 is 0.786 bits per heavy atom. The summed E-state index contributed by atoms with van der Waals surface area (Å²) in [5.74, 6) is -6.01. The fraction of sp³-hybridized carbons (Fsp3) is 0.567. The highest BCUT2D eigenvalue weighted by Crippen LogP contribution is 2.59. The van der Waals surface area contributed by atoms with Crippen molar-refractivity contribution in [3.63, 3.8) is 0 Å². The van der Waals surface area contributed by atoms with Gasteiger partial charge in [0.25, 0.3) is 0 Å². The predicted octanol–water partition coefficient (Wildman–Crippen LogP) is 4.74. The number of rotatable bonds is 15. The van der Waals surface area contributed by atoms with Crippen molar-refractivity contribution in [2.75, 3.05) is 12.0 Å². The molecule has 0 bridgehead atoms. The SMILES string of the molecule is CCCCC(C)OC=Nc1c(O)cc(O)c(C2C(O)C(c3c(O)cc(O)c(NCOC(C)CCCC)c3O)C2O)c1O. The minimum Gasteiger partial charge on any atom is -0.507 e. The van der Waals surface area contributed by atoms with Crippen LogP contribution in [0, 0.1) is 0 Å². The average Bonchev–Trinajstić information content (AvgIpc) is 2.94. The number of anilines is 1. The number of hydrogen-bond acceptors (Lipinski definition) is 12. The van der Waals surface area contributed by atoms with E-state index in [0.717, 1.165) is 57.1 Å². The van der Waals surface area contributed by atoms with Crippen molar-refractivity contribution in [2.24, 2.45) is 4.99 Å². The van der Waals surface area contributed by atoms with Crippen LogP contribution in [0.4, 0.5) is 11.4 Å². The van der Waals surface area contributed by atoms with E-state index in [1.807, 2.05) is 13.8 Å². The van der Waals surface area contributed by atoms with Gasteiger partial charge in [-0.1, -0.05) is 39.5 Å². The number of benzene rings is 2. The largest absolute Gasteiger partial charge is 0.507 e. The van der Waals surface area contributed by atoms with Crippen molar-refractivity contribution in [1.82, 2.24) is 0 Å². The quantitative estimate of drug-likeness (QED) is 0.0454. The molecule has 2 aromatic rings. The van der Waals surface area contributed by atoms with E-state index in [1.165, 1.54) is 0 Å². The van der Waals surface area contributed by atoms with Crippen LogP contribution in [-0.2, 0) is 9.47 Å². The third-order valence-corrected chi connectivity index (χ3v) is 7.73. The molecule has 4 atom stereocenters. The number of phenolic OH excluding ortho intramolecular Hbond substituents is 6. The summed E-state index contributed by atoms with van der Waals surface area (Å²) in [6.45, 7) is 7.80. The van der Waals surface area contributed by atoms with Crippen LogP contribution in [0.2, 0.25) is 0 Å². The smallest absolute Gasteiger partial charge is 0.175 e. The molecule has 0 aliphatic heterocycles. The third kappa shape index (κ3) is 7.05. The Morgan fingerprint density at radius 2 is 1.31 bits per heavy atom. The number of aliphatic hydroxyl groups is 2. The van der Waals surface area contributed by atoms with E-state index >= 15 is 0 Å². The highest BCUT2D eigenvalue weighted by molar-refractivity contribution is 5.75. The molecule has 0 heterocycles. The fourth-order valence-electron chi connectivity index (χ4n) is 5.23. The number of aromatic hydroxyl groups is 6. The maximum Gasteiger partial charge on any atom is 0.175 e. The van der Waals surface area contributed by atoms with Gasteiger partial charge in [0, 0.05) is 35.1 Å². The van der Waals surface area contributed by atoms with Gasteiger partial charge in [0.2, 0.25) is 0 Å². The van der Waals surface area contributed by atoms with Crippen molar-refractivity contribution in [2.45, 2.75) is 102 Å². The molecule has 12 heteroatoms. The normalized spacial score (nSPS) is 21.7. The summed E-state index contributed by atoms with van der Waals surface area (Å²) in [4.78, 5) is 3.98. The molecule has 9 N–H and O–H groups in total. The number of nitrogens with zero attached hydrogens (tertiary/aromatic N) is 1. The van der Waals surface area contributed by atoms with Gasteiger partial charge in [0.1, 0.15) is 41.2 Å². The first kappa shape index (κ1) is 32.9. The van der Waals surface area contributed by atoms with Crippen LogP contribution in [0.3, 0.4) is 0 Å². The zero-order valence-electron chi connectivity index (χ0n) is 24.5. The molecule has 0 spiro atoms. The minimum atomic E-state index is -1.51. The van der Waals surface area contributed by atoms with Gasteiger partial charge < -0.3 is 55.6 Å². The lowest BCUT2D eigenvalue weighted by atomic mass is 9.62. The van der Waals surface area contributed by atoms with Crippen molar-refractivity contribution in [1.29, 1.82) is 0 Å².